The summed E-state index contributed by atoms with van der Waals surface area (Å²) in [7, 11) is 0. The van der Waals surface area contributed by atoms with Crippen LogP contribution < -0.4 is 0 Å². The van der Waals surface area contributed by atoms with E-state index in [4.69, 9.17) is 0 Å². The fraction of sp³-hybridized carbons (Fsp3) is 0.200. The first-order chi connectivity index (χ1) is 5.72. The number of hydrogen-bond donors (Lipinski definition) is 0. The molecule has 0 fully saturated rings. The van der Waals surface area contributed by atoms with Crippen LogP contribution in [0.15, 0.2) is 30.4 Å². The van der Waals surface area contributed by atoms with Gasteiger partial charge in [-0.25, -0.2) is 8.78 Å². The second kappa shape index (κ2) is 4.00. The highest BCUT2D eigenvalue weighted by atomic mass is 19.1. The van der Waals surface area contributed by atoms with Gasteiger partial charge in [0.05, 0.1) is 0 Å². The third kappa shape index (κ3) is 2.46. The van der Waals surface area contributed by atoms with E-state index in [9.17, 15) is 8.78 Å². The number of rotatable bonds is 2. The number of allylic oxidation sites excluding steroid dienone is 2. The zero-order chi connectivity index (χ0) is 8.97. The van der Waals surface area contributed by atoms with Gasteiger partial charge < -0.3 is 0 Å². The van der Waals surface area contributed by atoms with Crippen LogP contribution in [0.25, 0.3) is 0 Å². The Labute approximate surface area is 70.5 Å². The lowest BCUT2D eigenvalue weighted by Gasteiger charge is -1.96. The lowest BCUT2D eigenvalue weighted by atomic mass is 10.1. The van der Waals surface area contributed by atoms with Crippen molar-refractivity contribution in [3.8, 4) is 0 Å². The van der Waals surface area contributed by atoms with Crippen molar-refractivity contribution >= 4 is 0 Å². The average Bonchev–Trinajstić information content (AvgIpc) is 1.99. The zero-order valence-electron chi connectivity index (χ0n) is 6.85. The van der Waals surface area contributed by atoms with Crippen molar-refractivity contribution in [2.75, 3.05) is 0 Å². The van der Waals surface area contributed by atoms with Gasteiger partial charge in [-0.15, -0.1) is 0 Å². The molecule has 0 aliphatic heterocycles. The van der Waals surface area contributed by atoms with Crippen molar-refractivity contribution in [3.05, 3.63) is 47.5 Å². The first kappa shape index (κ1) is 8.91. The Balaban J connectivity index is 2.85. The molecule has 0 aliphatic carbocycles. The summed E-state index contributed by atoms with van der Waals surface area (Å²) in [6.45, 7) is 1.87. The van der Waals surface area contributed by atoms with Gasteiger partial charge in [0.1, 0.15) is 11.6 Å². The molecular weight excluding hydrogens is 158 g/mol. The van der Waals surface area contributed by atoms with Gasteiger partial charge in [-0.3, -0.25) is 0 Å². The molecule has 0 amide bonds. The van der Waals surface area contributed by atoms with Crippen LogP contribution >= 0.6 is 0 Å². The Kier molecular flexibility index (Phi) is 2.97. The average molecular weight is 168 g/mol. The van der Waals surface area contributed by atoms with Crippen molar-refractivity contribution in [2.24, 2.45) is 0 Å². The van der Waals surface area contributed by atoms with Crippen LogP contribution in [0.2, 0.25) is 0 Å². The summed E-state index contributed by atoms with van der Waals surface area (Å²) in [6.07, 6.45) is 4.28. The van der Waals surface area contributed by atoms with Crippen molar-refractivity contribution in [1.29, 1.82) is 0 Å². The summed E-state index contributed by atoms with van der Waals surface area (Å²) in [5, 5.41) is 0. The van der Waals surface area contributed by atoms with E-state index in [-0.39, 0.29) is 0 Å². The minimum absolute atomic E-state index is 0.519. The van der Waals surface area contributed by atoms with Crippen molar-refractivity contribution in [1.82, 2.24) is 0 Å². The SMILES string of the molecule is C/C=C\Cc1cc(F)cc(F)c1. The maximum absolute atomic E-state index is 12.6. The lowest BCUT2D eigenvalue weighted by molar-refractivity contribution is 0.580. The smallest absolute Gasteiger partial charge is 0.126 e. The van der Waals surface area contributed by atoms with Crippen LogP contribution in [-0.2, 0) is 6.42 Å². The Morgan fingerprint density at radius 3 is 2.25 bits per heavy atom. The fourth-order valence-corrected chi connectivity index (χ4v) is 0.983. The summed E-state index contributed by atoms with van der Waals surface area (Å²) >= 11 is 0. The first-order valence-electron chi connectivity index (χ1n) is 3.78. The maximum Gasteiger partial charge on any atom is 0.126 e. The molecular formula is C10H10F2. The standard InChI is InChI=1S/C10H10F2/c1-2-3-4-8-5-9(11)7-10(12)6-8/h2-3,5-7H,4H2,1H3/b3-2-. The van der Waals surface area contributed by atoms with Gasteiger partial charge >= 0.3 is 0 Å². The van der Waals surface area contributed by atoms with Gasteiger partial charge in [0.25, 0.3) is 0 Å². The molecule has 12 heavy (non-hydrogen) atoms. The van der Waals surface area contributed by atoms with Gasteiger partial charge in [-0.1, -0.05) is 12.2 Å². The third-order valence-corrected chi connectivity index (χ3v) is 1.51. The Hall–Kier alpha value is -1.18. The van der Waals surface area contributed by atoms with Crippen LogP contribution in [0.1, 0.15) is 12.5 Å². The molecule has 0 atom stereocenters. The van der Waals surface area contributed by atoms with E-state index >= 15 is 0 Å². The van der Waals surface area contributed by atoms with E-state index in [1.165, 1.54) is 12.1 Å². The molecule has 1 aromatic rings. The van der Waals surface area contributed by atoms with Gasteiger partial charge in [-0.2, -0.15) is 0 Å². The van der Waals surface area contributed by atoms with E-state index in [0.717, 1.165) is 6.07 Å². The predicted molar refractivity (Wildman–Crippen MR) is 44.9 cm³/mol. The quantitative estimate of drug-likeness (QED) is 0.595. The molecule has 0 unspecified atom stereocenters. The van der Waals surface area contributed by atoms with Gasteiger partial charge in [0.15, 0.2) is 0 Å². The summed E-state index contributed by atoms with van der Waals surface area (Å²) in [6, 6.07) is 3.55. The Morgan fingerprint density at radius 2 is 1.75 bits per heavy atom. The summed E-state index contributed by atoms with van der Waals surface area (Å²) in [5.74, 6) is -1.04. The second-order valence-corrected chi connectivity index (χ2v) is 2.55. The maximum atomic E-state index is 12.6. The Morgan fingerprint density at radius 1 is 1.17 bits per heavy atom. The molecule has 0 aliphatic rings. The predicted octanol–water partition coefficient (Wildman–Crippen LogP) is 3.08. The van der Waals surface area contributed by atoms with Crippen LogP contribution in [0, 0.1) is 11.6 Å². The summed E-state index contributed by atoms with van der Waals surface area (Å²) < 4.78 is 25.2. The molecule has 0 heterocycles. The fourth-order valence-electron chi connectivity index (χ4n) is 0.983. The highest BCUT2D eigenvalue weighted by molar-refractivity contribution is 5.20. The molecule has 2 heteroatoms. The van der Waals surface area contributed by atoms with Gasteiger partial charge in [0, 0.05) is 6.07 Å². The van der Waals surface area contributed by atoms with Crippen LogP contribution in [0.3, 0.4) is 0 Å². The molecule has 0 radical (unpaired) electrons. The third-order valence-electron chi connectivity index (χ3n) is 1.51. The molecule has 1 rings (SSSR count). The molecule has 0 saturated carbocycles. The van der Waals surface area contributed by atoms with E-state index < -0.39 is 11.6 Å². The Bertz CT molecular complexity index is 270. The highest BCUT2D eigenvalue weighted by Gasteiger charge is 1.97. The van der Waals surface area contributed by atoms with Crippen molar-refractivity contribution in [3.63, 3.8) is 0 Å². The van der Waals surface area contributed by atoms with E-state index in [0.29, 0.717) is 12.0 Å². The lowest BCUT2D eigenvalue weighted by Crippen LogP contribution is -1.86. The first-order valence-corrected chi connectivity index (χ1v) is 3.78. The van der Waals surface area contributed by atoms with Gasteiger partial charge in [-0.05, 0) is 31.0 Å². The van der Waals surface area contributed by atoms with Crippen molar-refractivity contribution < 1.29 is 8.78 Å². The highest BCUT2D eigenvalue weighted by Crippen LogP contribution is 2.08. The van der Waals surface area contributed by atoms with Crippen LogP contribution in [0.5, 0.6) is 0 Å². The monoisotopic (exact) mass is 168 g/mol. The normalized spacial score (nSPS) is 10.9. The number of hydrogen-bond acceptors (Lipinski definition) is 0. The zero-order valence-corrected chi connectivity index (χ0v) is 6.85. The van der Waals surface area contributed by atoms with Crippen LogP contribution in [0.4, 0.5) is 8.78 Å². The molecule has 0 aromatic heterocycles. The second-order valence-electron chi connectivity index (χ2n) is 2.55. The minimum atomic E-state index is -0.519. The molecule has 64 valence electrons. The summed E-state index contributed by atoms with van der Waals surface area (Å²) in [5.41, 5.74) is 0.658. The minimum Gasteiger partial charge on any atom is -0.207 e. The number of halogens is 2. The largest absolute Gasteiger partial charge is 0.207 e. The van der Waals surface area contributed by atoms with E-state index in [1.54, 1.807) is 0 Å². The molecule has 1 aromatic carbocycles. The molecule has 0 spiro atoms. The number of benzene rings is 1. The topological polar surface area (TPSA) is 0 Å². The molecule has 0 bridgehead atoms. The summed E-state index contributed by atoms with van der Waals surface area (Å²) in [4.78, 5) is 0. The van der Waals surface area contributed by atoms with Crippen molar-refractivity contribution in [2.45, 2.75) is 13.3 Å². The van der Waals surface area contributed by atoms with Crippen LogP contribution in [-0.4, -0.2) is 0 Å². The van der Waals surface area contributed by atoms with Gasteiger partial charge in [0.2, 0.25) is 0 Å². The van der Waals surface area contributed by atoms with E-state index in [2.05, 4.69) is 0 Å². The molecule has 0 nitrogen and oxygen atoms in total. The van der Waals surface area contributed by atoms with E-state index in [1.807, 2.05) is 19.1 Å². The molecule has 0 saturated heterocycles. The molecule has 0 N–H and O–H groups in total.